The maximum Gasteiger partial charge on any atom is 0.156 e. The molecule has 0 saturated heterocycles. The molecule has 3 heteroatoms. The molecule has 0 aromatic rings. The number of allylic oxidation sites excluding steroid dienone is 6. The lowest BCUT2D eigenvalue weighted by Gasteiger charge is -2.52. The summed E-state index contributed by atoms with van der Waals surface area (Å²) in [5.74, 6) is 1.57. The van der Waals surface area contributed by atoms with Crippen LogP contribution in [-0.2, 0) is 4.79 Å². The van der Waals surface area contributed by atoms with E-state index in [0.717, 1.165) is 19.3 Å². The molecule has 2 nitrogen and oxygen atoms in total. The minimum atomic E-state index is -0.609. The molecule has 0 aromatic carbocycles. The third-order valence-electron chi connectivity index (χ3n) is 6.48. The lowest BCUT2D eigenvalue weighted by molar-refractivity contribution is -0.114. The number of hydrogen-bond acceptors (Lipinski definition) is 2. The van der Waals surface area contributed by atoms with E-state index in [9.17, 15) is 9.90 Å². The number of rotatable bonds is 0. The molecule has 0 aromatic heterocycles. The first-order valence-corrected chi connectivity index (χ1v) is 8.99. The molecule has 0 amide bonds. The van der Waals surface area contributed by atoms with Crippen LogP contribution in [0.1, 0.15) is 39.5 Å². The lowest BCUT2D eigenvalue weighted by Crippen LogP contribution is -2.48. The lowest BCUT2D eigenvalue weighted by atomic mass is 9.53. The molecule has 0 fully saturated rings. The summed E-state index contributed by atoms with van der Waals surface area (Å²) in [6.07, 6.45) is 11.0. The van der Waals surface area contributed by atoms with Gasteiger partial charge in [0, 0.05) is 16.9 Å². The molecule has 122 valence electrons. The van der Waals surface area contributed by atoms with Crippen molar-refractivity contribution >= 4 is 17.4 Å². The van der Waals surface area contributed by atoms with E-state index in [2.05, 4.69) is 26.0 Å². The van der Waals surface area contributed by atoms with Gasteiger partial charge in [-0.2, -0.15) is 0 Å². The SMILES string of the molecule is C[C@@H]1CC2=CC(=O)CCC2=C2C=C[C@]3(C)C(O)C(Cl)=CC[C@H]3[C@@H]21. The first kappa shape index (κ1) is 15.4. The minimum Gasteiger partial charge on any atom is -0.387 e. The molecule has 4 rings (SSSR count). The van der Waals surface area contributed by atoms with Crippen LogP contribution in [0.3, 0.4) is 0 Å². The maximum atomic E-state index is 11.8. The second-order valence-electron chi connectivity index (χ2n) is 7.81. The average Bonchev–Trinajstić information content (AvgIpc) is 2.51. The van der Waals surface area contributed by atoms with E-state index in [0.29, 0.717) is 29.2 Å². The Kier molecular flexibility index (Phi) is 3.48. The fourth-order valence-corrected chi connectivity index (χ4v) is 5.53. The summed E-state index contributed by atoms with van der Waals surface area (Å²) in [6.45, 7) is 4.42. The van der Waals surface area contributed by atoms with Crippen LogP contribution in [0.15, 0.2) is 46.1 Å². The molecule has 0 saturated carbocycles. The van der Waals surface area contributed by atoms with Crippen molar-refractivity contribution in [1.82, 2.24) is 0 Å². The number of aliphatic hydroxyl groups is 1. The van der Waals surface area contributed by atoms with Crippen LogP contribution in [0.4, 0.5) is 0 Å². The van der Waals surface area contributed by atoms with Gasteiger partial charge in [-0.05, 0) is 59.8 Å². The Balaban J connectivity index is 1.85. The van der Waals surface area contributed by atoms with Crippen molar-refractivity contribution in [3.63, 3.8) is 0 Å². The molecule has 5 atom stereocenters. The van der Waals surface area contributed by atoms with Gasteiger partial charge in [-0.15, -0.1) is 0 Å². The van der Waals surface area contributed by atoms with Crippen molar-refractivity contribution in [1.29, 1.82) is 0 Å². The van der Waals surface area contributed by atoms with Gasteiger partial charge in [-0.25, -0.2) is 0 Å². The summed E-state index contributed by atoms with van der Waals surface area (Å²) in [5, 5.41) is 11.2. The Hall–Kier alpha value is -1.12. The molecule has 0 spiro atoms. The van der Waals surface area contributed by atoms with Crippen LogP contribution in [0.2, 0.25) is 0 Å². The zero-order chi connectivity index (χ0) is 16.4. The fraction of sp³-hybridized carbons (Fsp3) is 0.550. The number of aliphatic hydroxyl groups excluding tert-OH is 1. The Morgan fingerprint density at radius 2 is 2.13 bits per heavy atom. The Morgan fingerprint density at radius 3 is 2.91 bits per heavy atom. The monoisotopic (exact) mass is 330 g/mol. The highest BCUT2D eigenvalue weighted by Gasteiger charge is 2.51. The van der Waals surface area contributed by atoms with Gasteiger partial charge >= 0.3 is 0 Å². The summed E-state index contributed by atoms with van der Waals surface area (Å²) >= 11 is 6.23. The van der Waals surface area contributed by atoms with Crippen LogP contribution in [0.25, 0.3) is 0 Å². The van der Waals surface area contributed by atoms with Crippen molar-refractivity contribution in [2.45, 2.75) is 45.6 Å². The van der Waals surface area contributed by atoms with Gasteiger partial charge in [-0.1, -0.05) is 43.7 Å². The van der Waals surface area contributed by atoms with Gasteiger partial charge in [0.15, 0.2) is 5.78 Å². The number of ketones is 1. The maximum absolute atomic E-state index is 11.8. The standard InChI is InChI=1S/C20H23ClO2/c1-11-9-12-10-13(22)3-4-14(12)15-7-8-20(2)16(18(11)15)5-6-17(21)19(20)23/h6-8,10-11,16,18-19,23H,3-5,9H2,1-2H3/t11-,16+,18-,19?,20+/m1/s1. The van der Waals surface area contributed by atoms with Gasteiger partial charge < -0.3 is 5.11 Å². The molecular weight excluding hydrogens is 308 g/mol. The Bertz CT molecular complexity index is 696. The van der Waals surface area contributed by atoms with Crippen LogP contribution < -0.4 is 0 Å². The van der Waals surface area contributed by atoms with E-state index in [1.54, 1.807) is 0 Å². The number of carbonyl (C=O) groups is 1. The van der Waals surface area contributed by atoms with Crippen LogP contribution in [-0.4, -0.2) is 17.0 Å². The van der Waals surface area contributed by atoms with E-state index < -0.39 is 6.10 Å². The second kappa shape index (κ2) is 5.19. The first-order chi connectivity index (χ1) is 10.9. The average molecular weight is 331 g/mol. The van der Waals surface area contributed by atoms with Crippen molar-refractivity contribution in [2.24, 2.45) is 23.2 Å². The zero-order valence-corrected chi connectivity index (χ0v) is 14.4. The van der Waals surface area contributed by atoms with Gasteiger partial charge in [0.2, 0.25) is 0 Å². The molecule has 4 aliphatic carbocycles. The second-order valence-corrected chi connectivity index (χ2v) is 8.25. The summed E-state index contributed by atoms with van der Waals surface area (Å²) in [6, 6.07) is 0. The van der Waals surface area contributed by atoms with Gasteiger partial charge in [0.05, 0.1) is 6.10 Å². The summed E-state index contributed by atoms with van der Waals surface area (Å²) in [5.41, 5.74) is 3.75. The molecule has 0 heterocycles. The number of fused-ring (bicyclic) bond motifs is 4. The van der Waals surface area contributed by atoms with E-state index in [1.807, 2.05) is 12.2 Å². The molecule has 4 aliphatic rings. The van der Waals surface area contributed by atoms with E-state index in [4.69, 9.17) is 11.6 Å². The zero-order valence-electron chi connectivity index (χ0n) is 13.7. The molecular formula is C20H23ClO2. The van der Waals surface area contributed by atoms with E-state index in [-0.39, 0.29) is 11.2 Å². The minimum absolute atomic E-state index is 0.266. The number of halogens is 1. The van der Waals surface area contributed by atoms with Crippen molar-refractivity contribution < 1.29 is 9.90 Å². The predicted octanol–water partition coefficient (Wildman–Crippen LogP) is 4.31. The topological polar surface area (TPSA) is 37.3 Å². The highest BCUT2D eigenvalue weighted by atomic mass is 35.5. The number of carbonyl (C=O) groups excluding carboxylic acids is 1. The van der Waals surface area contributed by atoms with Gasteiger partial charge in [0.1, 0.15) is 0 Å². The van der Waals surface area contributed by atoms with Crippen LogP contribution >= 0.6 is 11.6 Å². The fourth-order valence-electron chi connectivity index (χ4n) is 5.20. The quantitative estimate of drug-likeness (QED) is 0.718. The predicted molar refractivity (Wildman–Crippen MR) is 91.9 cm³/mol. The van der Waals surface area contributed by atoms with Gasteiger partial charge in [0.25, 0.3) is 0 Å². The highest BCUT2D eigenvalue weighted by Crippen LogP contribution is 2.57. The van der Waals surface area contributed by atoms with Gasteiger partial charge in [-0.3, -0.25) is 4.79 Å². The molecule has 0 radical (unpaired) electrons. The van der Waals surface area contributed by atoms with Crippen molar-refractivity contribution in [3.8, 4) is 0 Å². The molecule has 23 heavy (non-hydrogen) atoms. The number of hydrogen-bond donors (Lipinski definition) is 1. The Labute approximate surface area is 142 Å². The molecule has 1 unspecified atom stereocenters. The molecule has 1 N–H and O–H groups in total. The molecule has 0 bridgehead atoms. The first-order valence-electron chi connectivity index (χ1n) is 8.61. The van der Waals surface area contributed by atoms with Crippen molar-refractivity contribution in [2.75, 3.05) is 0 Å². The largest absolute Gasteiger partial charge is 0.387 e. The van der Waals surface area contributed by atoms with E-state index >= 15 is 0 Å². The van der Waals surface area contributed by atoms with Crippen molar-refractivity contribution in [3.05, 3.63) is 46.1 Å². The summed E-state index contributed by atoms with van der Waals surface area (Å²) < 4.78 is 0. The van der Waals surface area contributed by atoms with Crippen LogP contribution in [0.5, 0.6) is 0 Å². The van der Waals surface area contributed by atoms with Crippen LogP contribution in [0, 0.1) is 23.2 Å². The summed E-state index contributed by atoms with van der Waals surface area (Å²) in [7, 11) is 0. The third-order valence-corrected chi connectivity index (χ3v) is 6.84. The highest BCUT2D eigenvalue weighted by molar-refractivity contribution is 6.30. The third kappa shape index (κ3) is 2.15. The smallest absolute Gasteiger partial charge is 0.156 e. The normalized spacial score (nSPS) is 42.5. The Morgan fingerprint density at radius 1 is 1.35 bits per heavy atom. The molecule has 0 aliphatic heterocycles. The van der Waals surface area contributed by atoms with E-state index in [1.165, 1.54) is 16.7 Å². The summed E-state index contributed by atoms with van der Waals surface area (Å²) in [4.78, 5) is 11.8.